The number of carbonyl (C=O) groups is 3. The van der Waals surface area contributed by atoms with Gasteiger partial charge in [0, 0.05) is 12.0 Å². The zero-order valence-electron chi connectivity index (χ0n) is 13.9. The Bertz CT molecular complexity index is 759. The minimum Gasteiger partial charge on any atom is -0.480 e. The van der Waals surface area contributed by atoms with Crippen molar-refractivity contribution in [3.8, 4) is 0 Å². The quantitative estimate of drug-likeness (QED) is 0.712. The second-order valence-electron chi connectivity index (χ2n) is 5.64. The molecule has 0 bridgehead atoms. The highest BCUT2D eigenvalue weighted by Gasteiger charge is 2.21. The van der Waals surface area contributed by atoms with Crippen molar-refractivity contribution in [2.45, 2.75) is 19.4 Å². The van der Waals surface area contributed by atoms with Crippen LogP contribution in [0.25, 0.3) is 0 Å². The zero-order valence-corrected chi connectivity index (χ0v) is 13.9. The molecule has 0 saturated carbocycles. The van der Waals surface area contributed by atoms with Crippen LogP contribution in [0.3, 0.4) is 0 Å². The lowest BCUT2D eigenvalue weighted by Gasteiger charge is -2.16. The SMILES string of the molecule is Cc1ccccc1C[C@H](NC(=O)CNC(=O)c1ccccc1)C(=O)O. The van der Waals surface area contributed by atoms with Gasteiger partial charge in [0.25, 0.3) is 5.91 Å². The number of benzene rings is 2. The molecule has 3 N–H and O–H groups in total. The first-order valence-corrected chi connectivity index (χ1v) is 7.87. The van der Waals surface area contributed by atoms with E-state index in [2.05, 4.69) is 10.6 Å². The van der Waals surface area contributed by atoms with Crippen LogP contribution in [0.4, 0.5) is 0 Å². The summed E-state index contributed by atoms with van der Waals surface area (Å²) in [6.45, 7) is 1.60. The van der Waals surface area contributed by atoms with Crippen LogP contribution in [0.1, 0.15) is 21.5 Å². The number of carboxylic acid groups (broad SMARTS) is 1. The third-order valence-electron chi connectivity index (χ3n) is 3.76. The monoisotopic (exact) mass is 340 g/mol. The summed E-state index contributed by atoms with van der Waals surface area (Å²) in [6.07, 6.45) is 0.181. The Labute approximate surface area is 145 Å². The van der Waals surface area contributed by atoms with Crippen molar-refractivity contribution in [3.63, 3.8) is 0 Å². The summed E-state index contributed by atoms with van der Waals surface area (Å²) in [5.41, 5.74) is 2.24. The molecular weight excluding hydrogens is 320 g/mol. The van der Waals surface area contributed by atoms with Gasteiger partial charge in [0.05, 0.1) is 6.54 Å². The number of amides is 2. The Balaban J connectivity index is 1.91. The van der Waals surface area contributed by atoms with Crippen LogP contribution in [-0.2, 0) is 16.0 Å². The van der Waals surface area contributed by atoms with E-state index in [1.54, 1.807) is 30.3 Å². The summed E-state index contributed by atoms with van der Waals surface area (Å²) < 4.78 is 0. The fourth-order valence-electron chi connectivity index (χ4n) is 2.36. The molecule has 0 aliphatic rings. The molecule has 0 aliphatic heterocycles. The first-order valence-electron chi connectivity index (χ1n) is 7.87. The summed E-state index contributed by atoms with van der Waals surface area (Å²) in [4.78, 5) is 35.3. The molecule has 0 aliphatic carbocycles. The number of hydrogen-bond acceptors (Lipinski definition) is 3. The molecule has 0 spiro atoms. The van der Waals surface area contributed by atoms with Gasteiger partial charge < -0.3 is 15.7 Å². The van der Waals surface area contributed by atoms with Crippen molar-refractivity contribution in [2.75, 3.05) is 6.54 Å². The van der Waals surface area contributed by atoms with Crippen molar-refractivity contribution in [3.05, 3.63) is 71.3 Å². The van der Waals surface area contributed by atoms with E-state index in [-0.39, 0.29) is 18.9 Å². The minimum atomic E-state index is -1.12. The first-order chi connectivity index (χ1) is 12.0. The van der Waals surface area contributed by atoms with Crippen molar-refractivity contribution >= 4 is 17.8 Å². The third kappa shape index (κ3) is 5.46. The molecule has 25 heavy (non-hydrogen) atoms. The highest BCUT2D eigenvalue weighted by Crippen LogP contribution is 2.10. The van der Waals surface area contributed by atoms with Crippen LogP contribution < -0.4 is 10.6 Å². The molecule has 0 radical (unpaired) electrons. The van der Waals surface area contributed by atoms with Gasteiger partial charge in [-0.25, -0.2) is 4.79 Å². The Morgan fingerprint density at radius 3 is 2.28 bits per heavy atom. The predicted molar refractivity (Wildman–Crippen MR) is 93.2 cm³/mol. The Morgan fingerprint density at radius 1 is 1.00 bits per heavy atom. The van der Waals surface area contributed by atoms with E-state index in [9.17, 15) is 19.5 Å². The standard InChI is InChI=1S/C19H20N2O4/c1-13-7-5-6-10-15(13)11-16(19(24)25)21-17(22)12-20-18(23)14-8-3-2-4-9-14/h2-10,16H,11-12H2,1H3,(H,20,23)(H,21,22)(H,24,25)/t16-/m0/s1. The molecule has 0 unspecified atom stereocenters. The van der Waals surface area contributed by atoms with Crippen LogP contribution >= 0.6 is 0 Å². The van der Waals surface area contributed by atoms with Crippen LogP contribution in [0.5, 0.6) is 0 Å². The van der Waals surface area contributed by atoms with Gasteiger partial charge in [0.15, 0.2) is 0 Å². The number of carbonyl (C=O) groups excluding carboxylic acids is 2. The van der Waals surface area contributed by atoms with Crippen molar-refractivity contribution in [1.29, 1.82) is 0 Å². The Kier molecular flexibility index (Phi) is 6.28. The molecule has 0 aromatic heterocycles. The largest absolute Gasteiger partial charge is 0.480 e. The summed E-state index contributed by atoms with van der Waals surface area (Å²) in [7, 11) is 0. The summed E-state index contributed by atoms with van der Waals surface area (Å²) in [6, 6.07) is 14.8. The number of hydrogen-bond donors (Lipinski definition) is 3. The van der Waals surface area contributed by atoms with Crippen molar-refractivity contribution < 1.29 is 19.5 Å². The third-order valence-corrected chi connectivity index (χ3v) is 3.76. The molecule has 0 heterocycles. The molecule has 0 saturated heterocycles. The zero-order chi connectivity index (χ0) is 18.2. The van der Waals surface area contributed by atoms with Crippen molar-refractivity contribution in [2.24, 2.45) is 0 Å². The molecule has 130 valence electrons. The number of aliphatic carboxylic acids is 1. The predicted octanol–water partition coefficient (Wildman–Crippen LogP) is 1.54. The first kappa shape index (κ1) is 18.2. The van der Waals surface area contributed by atoms with E-state index in [0.717, 1.165) is 11.1 Å². The van der Waals surface area contributed by atoms with Crippen LogP contribution in [0, 0.1) is 6.92 Å². The molecule has 2 rings (SSSR count). The number of aryl methyl sites for hydroxylation is 1. The molecule has 2 aromatic carbocycles. The smallest absolute Gasteiger partial charge is 0.326 e. The van der Waals surface area contributed by atoms with Crippen LogP contribution in [-0.4, -0.2) is 35.5 Å². The van der Waals surface area contributed by atoms with Crippen molar-refractivity contribution in [1.82, 2.24) is 10.6 Å². The van der Waals surface area contributed by atoms with Gasteiger partial charge in [0.1, 0.15) is 6.04 Å². The van der Waals surface area contributed by atoms with Gasteiger partial charge in [-0.15, -0.1) is 0 Å². The Hall–Kier alpha value is -3.15. The molecule has 2 amide bonds. The normalized spacial score (nSPS) is 11.4. The molecular formula is C19H20N2O4. The fraction of sp³-hybridized carbons (Fsp3) is 0.211. The summed E-state index contributed by atoms with van der Waals surface area (Å²) in [5.74, 6) is -2.06. The highest BCUT2D eigenvalue weighted by atomic mass is 16.4. The van der Waals surface area contributed by atoms with E-state index >= 15 is 0 Å². The minimum absolute atomic E-state index is 0.181. The molecule has 1 atom stereocenters. The lowest BCUT2D eigenvalue weighted by atomic mass is 10.0. The van der Waals surface area contributed by atoms with E-state index in [1.807, 2.05) is 31.2 Å². The van der Waals surface area contributed by atoms with Gasteiger partial charge in [-0.2, -0.15) is 0 Å². The number of rotatable bonds is 7. The maximum Gasteiger partial charge on any atom is 0.326 e. The van der Waals surface area contributed by atoms with Crippen LogP contribution in [0.15, 0.2) is 54.6 Å². The second kappa shape index (κ2) is 8.63. The summed E-state index contributed by atoms with van der Waals surface area (Å²) in [5, 5.41) is 14.2. The van der Waals surface area contributed by atoms with Gasteiger partial charge in [-0.1, -0.05) is 42.5 Å². The average Bonchev–Trinajstić information content (AvgIpc) is 2.61. The molecule has 2 aromatic rings. The van der Waals surface area contributed by atoms with Crippen LogP contribution in [0.2, 0.25) is 0 Å². The Morgan fingerprint density at radius 2 is 1.64 bits per heavy atom. The van der Waals surface area contributed by atoms with E-state index in [0.29, 0.717) is 5.56 Å². The number of carboxylic acids is 1. The lowest BCUT2D eigenvalue weighted by molar-refractivity contribution is -0.141. The second-order valence-corrected chi connectivity index (χ2v) is 5.64. The summed E-state index contributed by atoms with van der Waals surface area (Å²) >= 11 is 0. The fourth-order valence-corrected chi connectivity index (χ4v) is 2.36. The molecule has 6 heteroatoms. The maximum absolute atomic E-state index is 12.0. The van der Waals surface area contributed by atoms with E-state index in [1.165, 1.54) is 0 Å². The van der Waals surface area contributed by atoms with Gasteiger partial charge in [-0.05, 0) is 30.2 Å². The van der Waals surface area contributed by atoms with Gasteiger partial charge >= 0.3 is 5.97 Å². The van der Waals surface area contributed by atoms with E-state index in [4.69, 9.17) is 0 Å². The topological polar surface area (TPSA) is 95.5 Å². The van der Waals surface area contributed by atoms with E-state index < -0.39 is 17.9 Å². The van der Waals surface area contributed by atoms with Gasteiger partial charge in [-0.3, -0.25) is 9.59 Å². The molecule has 0 fully saturated rings. The highest BCUT2D eigenvalue weighted by molar-refractivity contribution is 5.96. The maximum atomic E-state index is 12.0. The molecule has 6 nitrogen and oxygen atoms in total. The lowest BCUT2D eigenvalue weighted by Crippen LogP contribution is -2.46. The van der Waals surface area contributed by atoms with Gasteiger partial charge in [0.2, 0.25) is 5.91 Å². The number of nitrogens with one attached hydrogen (secondary N) is 2. The average molecular weight is 340 g/mol.